The third kappa shape index (κ3) is 2.16. The van der Waals surface area contributed by atoms with Gasteiger partial charge in [-0.1, -0.05) is 34.1 Å². The normalized spacial score (nSPS) is 13.6. The van der Waals surface area contributed by atoms with Crippen LogP contribution >= 0.6 is 15.9 Å². The van der Waals surface area contributed by atoms with Crippen molar-refractivity contribution < 1.29 is 13.2 Å². The summed E-state index contributed by atoms with van der Waals surface area (Å²) in [6.07, 6.45) is 0.350. The van der Waals surface area contributed by atoms with Crippen molar-refractivity contribution in [3.63, 3.8) is 0 Å². The van der Waals surface area contributed by atoms with Crippen LogP contribution in [-0.2, 0) is 14.6 Å². The number of halogens is 1. The second-order valence-corrected chi connectivity index (χ2v) is 6.01. The lowest BCUT2D eigenvalue weighted by molar-refractivity contribution is -0.106. The van der Waals surface area contributed by atoms with Crippen molar-refractivity contribution in [1.29, 1.82) is 0 Å². The van der Waals surface area contributed by atoms with E-state index >= 15 is 0 Å². The van der Waals surface area contributed by atoms with Crippen LogP contribution < -0.4 is 0 Å². The predicted molar refractivity (Wildman–Crippen MR) is 52.4 cm³/mol. The van der Waals surface area contributed by atoms with Gasteiger partial charge in [0.15, 0.2) is 14.0 Å². The van der Waals surface area contributed by atoms with Gasteiger partial charge in [-0.3, -0.25) is 0 Å². The standard InChI is InChI=1S/C8H7BrO3S/c9-8(6-10)13(11,12)7-4-2-1-3-5-7/h1-6,8H. The smallest absolute Gasteiger partial charge is 0.198 e. The van der Waals surface area contributed by atoms with E-state index in [9.17, 15) is 13.2 Å². The molecule has 0 aliphatic rings. The zero-order valence-corrected chi connectivity index (χ0v) is 8.95. The molecular weight excluding hydrogens is 256 g/mol. The number of alkyl halides is 1. The van der Waals surface area contributed by atoms with E-state index in [1.54, 1.807) is 18.2 Å². The number of carbonyl (C=O) groups is 1. The third-order valence-corrected chi connectivity index (χ3v) is 4.80. The van der Waals surface area contributed by atoms with Gasteiger partial charge in [0, 0.05) is 0 Å². The van der Waals surface area contributed by atoms with Crippen LogP contribution in [0.5, 0.6) is 0 Å². The molecule has 0 heterocycles. The van der Waals surface area contributed by atoms with Crippen LogP contribution in [0.15, 0.2) is 35.2 Å². The first-order valence-electron chi connectivity index (χ1n) is 3.47. The summed E-state index contributed by atoms with van der Waals surface area (Å²) in [5.41, 5.74) is 0. The molecule has 13 heavy (non-hydrogen) atoms. The largest absolute Gasteiger partial charge is 0.301 e. The van der Waals surface area contributed by atoms with Crippen LogP contribution in [-0.4, -0.2) is 18.9 Å². The second kappa shape index (κ2) is 4.02. The molecule has 0 radical (unpaired) electrons. The van der Waals surface area contributed by atoms with Crippen LogP contribution in [0, 0.1) is 0 Å². The first-order valence-corrected chi connectivity index (χ1v) is 5.93. The number of sulfone groups is 1. The second-order valence-electron chi connectivity index (χ2n) is 2.35. The Morgan fingerprint density at radius 3 is 2.23 bits per heavy atom. The number of hydrogen-bond acceptors (Lipinski definition) is 3. The molecule has 0 amide bonds. The molecule has 0 saturated heterocycles. The van der Waals surface area contributed by atoms with Gasteiger partial charge in [-0.25, -0.2) is 8.42 Å². The van der Waals surface area contributed by atoms with E-state index in [1.807, 2.05) is 0 Å². The van der Waals surface area contributed by atoms with Crippen molar-refractivity contribution in [1.82, 2.24) is 0 Å². The highest BCUT2D eigenvalue weighted by Crippen LogP contribution is 2.17. The molecule has 0 aliphatic carbocycles. The minimum atomic E-state index is -3.54. The Labute approximate surface area is 84.8 Å². The zero-order chi connectivity index (χ0) is 9.90. The number of aldehydes is 1. The molecule has 0 aromatic heterocycles. The summed E-state index contributed by atoms with van der Waals surface area (Å²) in [4.78, 5) is 10.4. The molecule has 0 spiro atoms. The van der Waals surface area contributed by atoms with E-state index in [0.717, 1.165) is 0 Å². The Balaban J connectivity index is 3.16. The number of hydrogen-bond donors (Lipinski definition) is 0. The van der Waals surface area contributed by atoms with Gasteiger partial charge in [0.25, 0.3) is 0 Å². The van der Waals surface area contributed by atoms with Gasteiger partial charge in [0.1, 0.15) is 6.29 Å². The summed E-state index contributed by atoms with van der Waals surface area (Å²) in [5.74, 6) is 0. The summed E-state index contributed by atoms with van der Waals surface area (Å²) in [7, 11) is -3.54. The van der Waals surface area contributed by atoms with Crippen LogP contribution in [0.1, 0.15) is 0 Å². The molecule has 0 bridgehead atoms. The molecule has 70 valence electrons. The van der Waals surface area contributed by atoms with Gasteiger partial charge >= 0.3 is 0 Å². The Kier molecular flexibility index (Phi) is 3.22. The van der Waals surface area contributed by atoms with E-state index in [2.05, 4.69) is 15.9 Å². The monoisotopic (exact) mass is 262 g/mol. The minimum Gasteiger partial charge on any atom is -0.301 e. The van der Waals surface area contributed by atoms with Gasteiger partial charge in [-0.15, -0.1) is 0 Å². The minimum absolute atomic E-state index is 0.143. The van der Waals surface area contributed by atoms with E-state index in [-0.39, 0.29) is 4.90 Å². The summed E-state index contributed by atoms with van der Waals surface area (Å²) in [6.45, 7) is 0. The highest BCUT2D eigenvalue weighted by molar-refractivity contribution is 9.11. The number of benzene rings is 1. The van der Waals surface area contributed by atoms with Crippen LogP contribution in [0.2, 0.25) is 0 Å². The van der Waals surface area contributed by atoms with E-state index in [1.165, 1.54) is 12.1 Å². The zero-order valence-electron chi connectivity index (χ0n) is 6.55. The van der Waals surface area contributed by atoms with Gasteiger partial charge in [0.2, 0.25) is 0 Å². The molecular formula is C8H7BrO3S. The molecule has 0 fully saturated rings. The average molecular weight is 263 g/mol. The molecule has 3 nitrogen and oxygen atoms in total. The van der Waals surface area contributed by atoms with E-state index < -0.39 is 14.0 Å². The molecule has 1 atom stereocenters. The molecule has 1 aromatic rings. The molecule has 1 unspecified atom stereocenters. The average Bonchev–Trinajstić information content (AvgIpc) is 2.18. The molecule has 0 N–H and O–H groups in total. The summed E-state index contributed by atoms with van der Waals surface area (Å²) in [6, 6.07) is 7.83. The number of carbonyl (C=O) groups excluding carboxylic acids is 1. The third-order valence-electron chi connectivity index (χ3n) is 1.48. The summed E-state index contributed by atoms with van der Waals surface area (Å²) < 4.78 is 21.8. The lowest BCUT2D eigenvalue weighted by Gasteiger charge is -2.03. The van der Waals surface area contributed by atoms with Crippen molar-refractivity contribution >= 4 is 32.1 Å². The molecule has 5 heteroatoms. The maximum Gasteiger partial charge on any atom is 0.198 e. The first kappa shape index (κ1) is 10.4. The Hall–Kier alpha value is -0.680. The number of rotatable bonds is 3. The fourth-order valence-electron chi connectivity index (χ4n) is 0.813. The van der Waals surface area contributed by atoms with Crippen LogP contribution in [0.25, 0.3) is 0 Å². The van der Waals surface area contributed by atoms with Crippen molar-refractivity contribution in [3.8, 4) is 0 Å². The SMILES string of the molecule is O=CC(Br)S(=O)(=O)c1ccccc1. The van der Waals surface area contributed by atoms with Gasteiger partial charge in [-0.05, 0) is 12.1 Å². The fraction of sp³-hybridized carbons (Fsp3) is 0.125. The maximum atomic E-state index is 11.5. The van der Waals surface area contributed by atoms with E-state index in [4.69, 9.17) is 0 Å². The molecule has 1 rings (SSSR count). The maximum absolute atomic E-state index is 11.5. The van der Waals surface area contributed by atoms with E-state index in [0.29, 0.717) is 6.29 Å². The van der Waals surface area contributed by atoms with Crippen molar-refractivity contribution in [2.45, 2.75) is 9.05 Å². The Bertz CT molecular complexity index is 385. The van der Waals surface area contributed by atoms with Crippen molar-refractivity contribution in [2.24, 2.45) is 0 Å². The van der Waals surface area contributed by atoms with Crippen molar-refractivity contribution in [2.75, 3.05) is 0 Å². The quantitative estimate of drug-likeness (QED) is 0.611. The molecule has 0 aliphatic heterocycles. The topological polar surface area (TPSA) is 51.2 Å². The first-order chi connectivity index (χ1) is 6.09. The summed E-state index contributed by atoms with van der Waals surface area (Å²) >= 11 is 2.78. The van der Waals surface area contributed by atoms with Gasteiger partial charge < -0.3 is 4.79 Å². The summed E-state index contributed by atoms with van der Waals surface area (Å²) in [5, 5.41) is 0. The lowest BCUT2D eigenvalue weighted by Crippen LogP contribution is -2.15. The fourth-order valence-corrected chi connectivity index (χ4v) is 2.40. The van der Waals surface area contributed by atoms with Gasteiger partial charge in [-0.2, -0.15) is 0 Å². The highest BCUT2D eigenvalue weighted by Gasteiger charge is 2.23. The van der Waals surface area contributed by atoms with Crippen LogP contribution in [0.4, 0.5) is 0 Å². The molecule has 0 saturated carbocycles. The lowest BCUT2D eigenvalue weighted by atomic mass is 10.4. The predicted octanol–water partition coefficient (Wildman–Crippen LogP) is 1.38. The Morgan fingerprint density at radius 1 is 1.23 bits per heavy atom. The van der Waals surface area contributed by atoms with Crippen LogP contribution in [0.3, 0.4) is 0 Å². The van der Waals surface area contributed by atoms with Gasteiger partial charge in [0.05, 0.1) is 4.90 Å². The van der Waals surface area contributed by atoms with Crippen molar-refractivity contribution in [3.05, 3.63) is 30.3 Å². The molecule has 1 aromatic carbocycles. The highest BCUT2D eigenvalue weighted by atomic mass is 79.9. The Morgan fingerprint density at radius 2 is 1.77 bits per heavy atom.